The Bertz CT molecular complexity index is 1450. The van der Waals surface area contributed by atoms with Crippen molar-refractivity contribution in [3.05, 3.63) is 104 Å². The predicted octanol–water partition coefficient (Wildman–Crippen LogP) is 6.03. The Morgan fingerprint density at radius 3 is 2.39 bits per heavy atom. The van der Waals surface area contributed by atoms with Crippen LogP contribution in [-0.2, 0) is 5.41 Å². The monoisotopic (exact) mass is 462 g/mol. The average Bonchev–Trinajstić information content (AvgIpc) is 3.07. The molecule has 1 atom stereocenters. The molecule has 2 aromatic carbocycles. The summed E-state index contributed by atoms with van der Waals surface area (Å²) in [4.78, 5) is 32.7. The molecule has 0 spiro atoms. The van der Waals surface area contributed by atoms with E-state index in [0.29, 0.717) is 10.8 Å². The zero-order chi connectivity index (χ0) is 23.5. The maximum atomic E-state index is 13.9. The third-order valence-corrected chi connectivity index (χ3v) is 6.11. The molecule has 4 aromatic rings. The first-order valence-corrected chi connectivity index (χ1v) is 10.8. The molecule has 33 heavy (non-hydrogen) atoms. The van der Waals surface area contributed by atoms with Gasteiger partial charge in [0.15, 0.2) is 5.43 Å². The lowest BCUT2D eigenvalue weighted by atomic mass is 9.86. The van der Waals surface area contributed by atoms with Crippen molar-refractivity contribution in [2.75, 3.05) is 4.90 Å². The highest BCUT2D eigenvalue weighted by Crippen LogP contribution is 2.41. The molecule has 1 aliphatic rings. The highest BCUT2D eigenvalue weighted by atomic mass is 35.5. The van der Waals surface area contributed by atoms with Gasteiger partial charge in [-0.3, -0.25) is 14.5 Å². The van der Waals surface area contributed by atoms with Crippen molar-refractivity contribution in [3.63, 3.8) is 0 Å². The van der Waals surface area contributed by atoms with Gasteiger partial charge in [-0.05, 0) is 46.9 Å². The Labute approximate surface area is 194 Å². The van der Waals surface area contributed by atoms with E-state index in [2.05, 4.69) is 25.8 Å². The van der Waals surface area contributed by atoms with Crippen molar-refractivity contribution in [2.45, 2.75) is 32.2 Å². The Morgan fingerprint density at radius 2 is 1.76 bits per heavy atom. The van der Waals surface area contributed by atoms with E-state index in [1.54, 1.807) is 12.1 Å². The lowest BCUT2D eigenvalue weighted by molar-refractivity contribution is 0.0970. The molecule has 0 saturated heterocycles. The number of carbonyl (C=O) groups is 1. The van der Waals surface area contributed by atoms with E-state index < -0.39 is 23.2 Å². The zero-order valence-corrected chi connectivity index (χ0v) is 19.0. The minimum Gasteiger partial charge on any atom is -0.450 e. The molecule has 1 unspecified atom stereocenters. The fraction of sp³-hybridized carbons (Fsp3) is 0.192. The van der Waals surface area contributed by atoms with Gasteiger partial charge < -0.3 is 4.42 Å². The third kappa shape index (κ3) is 3.51. The lowest BCUT2D eigenvalue weighted by Crippen LogP contribution is -2.30. The summed E-state index contributed by atoms with van der Waals surface area (Å²) in [7, 11) is 0. The van der Waals surface area contributed by atoms with E-state index in [0.717, 1.165) is 17.2 Å². The standard InChI is InChI=1S/C26H20ClFN2O3/c1-26(2,3)15-6-4-14(5-7-15)22-21-23(31)18-12-17(28)9-10-19(18)33-24(21)25(32)30(22)20-11-8-16(27)13-29-20/h4-13,22H,1-3H3. The largest absolute Gasteiger partial charge is 0.450 e. The molecule has 3 heterocycles. The minimum atomic E-state index is -0.779. The number of hydrogen-bond acceptors (Lipinski definition) is 4. The van der Waals surface area contributed by atoms with Crippen LogP contribution in [-0.4, -0.2) is 10.9 Å². The van der Waals surface area contributed by atoms with Gasteiger partial charge in [0.2, 0.25) is 5.76 Å². The van der Waals surface area contributed by atoms with Crippen molar-refractivity contribution in [2.24, 2.45) is 0 Å². The molecule has 1 aliphatic heterocycles. The van der Waals surface area contributed by atoms with Crippen molar-refractivity contribution in [3.8, 4) is 0 Å². The van der Waals surface area contributed by atoms with Gasteiger partial charge in [-0.25, -0.2) is 9.37 Å². The summed E-state index contributed by atoms with van der Waals surface area (Å²) in [6.45, 7) is 6.32. The number of hydrogen-bond donors (Lipinski definition) is 0. The zero-order valence-electron chi connectivity index (χ0n) is 18.2. The second-order valence-electron chi connectivity index (χ2n) is 9.10. The molecule has 166 valence electrons. The Hall–Kier alpha value is -3.51. The van der Waals surface area contributed by atoms with E-state index in [9.17, 15) is 14.0 Å². The fourth-order valence-corrected chi connectivity index (χ4v) is 4.28. The third-order valence-electron chi connectivity index (χ3n) is 5.88. The molecular weight excluding hydrogens is 443 g/mol. The van der Waals surface area contributed by atoms with Gasteiger partial charge >= 0.3 is 0 Å². The number of amides is 1. The summed E-state index contributed by atoms with van der Waals surface area (Å²) in [5.41, 5.74) is 1.64. The van der Waals surface area contributed by atoms with Crippen molar-refractivity contribution in [1.29, 1.82) is 0 Å². The number of pyridine rings is 1. The number of fused-ring (bicyclic) bond motifs is 2. The molecule has 0 saturated carbocycles. The normalized spacial score (nSPS) is 15.8. The summed E-state index contributed by atoms with van der Waals surface area (Å²) in [5, 5.41) is 0.508. The highest BCUT2D eigenvalue weighted by molar-refractivity contribution is 6.30. The maximum absolute atomic E-state index is 13.9. The quantitative estimate of drug-likeness (QED) is 0.365. The number of carbonyl (C=O) groups excluding carboxylic acids is 1. The number of anilines is 1. The highest BCUT2D eigenvalue weighted by Gasteiger charge is 2.44. The average molecular weight is 463 g/mol. The van der Waals surface area contributed by atoms with Gasteiger partial charge in [0, 0.05) is 6.20 Å². The SMILES string of the molecule is CC(C)(C)c1ccc(C2c3c(oc4ccc(F)cc4c3=O)C(=O)N2c2ccc(Cl)cn2)cc1. The van der Waals surface area contributed by atoms with E-state index in [1.807, 2.05) is 24.3 Å². The van der Waals surface area contributed by atoms with E-state index >= 15 is 0 Å². The predicted molar refractivity (Wildman–Crippen MR) is 125 cm³/mol. The van der Waals surface area contributed by atoms with E-state index in [1.165, 1.54) is 23.2 Å². The smallest absolute Gasteiger partial charge is 0.296 e. The maximum Gasteiger partial charge on any atom is 0.296 e. The molecular formula is C26H20ClFN2O3. The molecule has 0 radical (unpaired) electrons. The molecule has 5 rings (SSSR count). The second kappa shape index (κ2) is 7.52. The van der Waals surface area contributed by atoms with Crippen molar-refractivity contribution < 1.29 is 13.6 Å². The molecule has 2 aromatic heterocycles. The van der Waals surface area contributed by atoms with Gasteiger partial charge in [0.05, 0.1) is 22.0 Å². The van der Waals surface area contributed by atoms with Gasteiger partial charge in [-0.15, -0.1) is 0 Å². The van der Waals surface area contributed by atoms with Crippen LogP contribution in [0.15, 0.2) is 70.0 Å². The first-order chi connectivity index (χ1) is 15.6. The van der Waals surface area contributed by atoms with Gasteiger partial charge in [0.25, 0.3) is 5.91 Å². The molecule has 5 nitrogen and oxygen atoms in total. The van der Waals surface area contributed by atoms with E-state index in [-0.39, 0.29) is 27.7 Å². The topological polar surface area (TPSA) is 63.4 Å². The van der Waals surface area contributed by atoms with Crippen LogP contribution in [0.25, 0.3) is 11.0 Å². The van der Waals surface area contributed by atoms with Crippen LogP contribution < -0.4 is 10.3 Å². The summed E-state index contributed by atoms with van der Waals surface area (Å²) in [6.07, 6.45) is 1.44. The van der Waals surface area contributed by atoms with Crippen LogP contribution in [0.3, 0.4) is 0 Å². The fourth-order valence-electron chi connectivity index (χ4n) is 4.17. The van der Waals surface area contributed by atoms with Crippen LogP contribution in [0.1, 0.15) is 54.1 Å². The Kier molecular flexibility index (Phi) is 4.87. The van der Waals surface area contributed by atoms with Gasteiger partial charge in [-0.1, -0.05) is 56.6 Å². The molecule has 1 amide bonds. The number of rotatable bonds is 2. The van der Waals surface area contributed by atoms with Crippen LogP contribution in [0, 0.1) is 5.82 Å². The summed E-state index contributed by atoms with van der Waals surface area (Å²) >= 11 is 6.00. The lowest BCUT2D eigenvalue weighted by Gasteiger charge is -2.25. The van der Waals surface area contributed by atoms with Crippen LogP contribution in [0.2, 0.25) is 5.02 Å². The Balaban J connectivity index is 1.77. The Morgan fingerprint density at radius 1 is 1.03 bits per heavy atom. The second-order valence-corrected chi connectivity index (χ2v) is 9.54. The number of halogens is 2. The summed E-state index contributed by atoms with van der Waals surface area (Å²) in [5.74, 6) is -0.787. The van der Waals surface area contributed by atoms with Crippen molar-refractivity contribution in [1.82, 2.24) is 4.98 Å². The van der Waals surface area contributed by atoms with Gasteiger partial charge in [-0.2, -0.15) is 0 Å². The molecule has 0 aliphatic carbocycles. The van der Waals surface area contributed by atoms with Crippen LogP contribution in [0.4, 0.5) is 10.2 Å². The van der Waals surface area contributed by atoms with Gasteiger partial charge in [0.1, 0.15) is 17.2 Å². The number of benzene rings is 2. The number of aromatic nitrogens is 1. The van der Waals surface area contributed by atoms with Crippen LogP contribution in [0.5, 0.6) is 0 Å². The summed E-state index contributed by atoms with van der Waals surface area (Å²) in [6, 6.07) is 13.9. The first-order valence-electron chi connectivity index (χ1n) is 10.5. The molecule has 7 heteroatoms. The summed E-state index contributed by atoms with van der Waals surface area (Å²) < 4.78 is 19.8. The van der Waals surface area contributed by atoms with Crippen molar-refractivity contribution >= 4 is 34.3 Å². The van der Waals surface area contributed by atoms with Crippen LogP contribution >= 0.6 is 11.6 Å². The first kappa shape index (κ1) is 21.3. The van der Waals surface area contributed by atoms with E-state index in [4.69, 9.17) is 16.0 Å². The molecule has 0 N–H and O–H groups in total. The number of nitrogens with zero attached hydrogens (tertiary/aromatic N) is 2. The molecule has 0 bridgehead atoms. The molecule has 0 fully saturated rings. The minimum absolute atomic E-state index is 0.0634.